The van der Waals surface area contributed by atoms with Gasteiger partial charge in [-0.3, -0.25) is 0 Å². The van der Waals surface area contributed by atoms with Gasteiger partial charge in [-0.2, -0.15) is 0 Å². The van der Waals surface area contributed by atoms with E-state index in [1.807, 2.05) is 0 Å². The summed E-state index contributed by atoms with van der Waals surface area (Å²) in [6, 6.07) is 0.792. The van der Waals surface area contributed by atoms with Crippen molar-refractivity contribution in [3.63, 3.8) is 0 Å². The molecule has 106 valence electrons. The molecule has 2 aliphatic rings. The summed E-state index contributed by atoms with van der Waals surface area (Å²) in [5.74, 6) is 0. The van der Waals surface area contributed by atoms with Crippen molar-refractivity contribution in [1.29, 1.82) is 0 Å². The molecule has 0 aliphatic carbocycles. The molecule has 1 atom stereocenters. The highest BCUT2D eigenvalue weighted by Crippen LogP contribution is 2.15. The molecule has 2 rings (SSSR count). The lowest BCUT2D eigenvalue weighted by Gasteiger charge is -2.28. The first-order chi connectivity index (χ1) is 8.75. The third-order valence-corrected chi connectivity index (χ3v) is 4.42. The monoisotopic (exact) mass is 254 g/mol. The molecule has 0 spiro atoms. The molecule has 2 fully saturated rings. The molecule has 0 saturated carbocycles. The van der Waals surface area contributed by atoms with Gasteiger partial charge in [-0.25, -0.2) is 0 Å². The molecule has 18 heavy (non-hydrogen) atoms. The minimum atomic E-state index is 0.792. The Balaban J connectivity index is 1.62. The fraction of sp³-hybridized carbons (Fsp3) is 1.00. The molecular formula is C14H30N4. The van der Waals surface area contributed by atoms with E-state index in [0.717, 1.165) is 12.6 Å². The number of hydrogen-bond donors (Lipinski definition) is 1. The van der Waals surface area contributed by atoms with Crippen molar-refractivity contribution in [1.82, 2.24) is 20.0 Å². The van der Waals surface area contributed by atoms with Crippen molar-refractivity contribution >= 4 is 0 Å². The van der Waals surface area contributed by atoms with Gasteiger partial charge in [0.25, 0.3) is 0 Å². The van der Waals surface area contributed by atoms with E-state index in [9.17, 15) is 0 Å². The molecule has 2 heterocycles. The van der Waals surface area contributed by atoms with Crippen molar-refractivity contribution in [2.24, 2.45) is 0 Å². The zero-order valence-electron chi connectivity index (χ0n) is 12.2. The van der Waals surface area contributed by atoms with E-state index in [2.05, 4.69) is 34.1 Å². The number of nitrogens with zero attached hydrogens (tertiary/aromatic N) is 3. The van der Waals surface area contributed by atoms with Gasteiger partial charge in [0.2, 0.25) is 0 Å². The molecule has 0 radical (unpaired) electrons. The summed E-state index contributed by atoms with van der Waals surface area (Å²) < 4.78 is 0. The number of likely N-dealkylation sites (tertiary alicyclic amines) is 1. The fourth-order valence-corrected chi connectivity index (χ4v) is 3.10. The van der Waals surface area contributed by atoms with Gasteiger partial charge < -0.3 is 20.0 Å². The maximum absolute atomic E-state index is 3.47. The first kappa shape index (κ1) is 14.3. The summed E-state index contributed by atoms with van der Waals surface area (Å²) in [5.41, 5.74) is 0. The normalized spacial score (nSPS) is 27.8. The third-order valence-electron chi connectivity index (χ3n) is 4.42. The highest BCUT2D eigenvalue weighted by molar-refractivity contribution is 4.79. The Bertz CT molecular complexity index is 226. The predicted octanol–water partition coefficient (Wildman–Crippen LogP) is 0.308. The Kier molecular flexibility index (Phi) is 5.89. The summed E-state index contributed by atoms with van der Waals surface area (Å²) in [6.45, 7) is 9.81. The van der Waals surface area contributed by atoms with Crippen molar-refractivity contribution in [3.05, 3.63) is 0 Å². The van der Waals surface area contributed by atoms with Crippen molar-refractivity contribution in [2.75, 3.05) is 66.5 Å². The third kappa shape index (κ3) is 4.50. The van der Waals surface area contributed by atoms with E-state index in [1.54, 1.807) is 0 Å². The summed E-state index contributed by atoms with van der Waals surface area (Å²) in [5, 5.41) is 3.47. The molecule has 1 N–H and O–H groups in total. The van der Waals surface area contributed by atoms with Crippen LogP contribution in [-0.4, -0.2) is 87.2 Å². The van der Waals surface area contributed by atoms with Crippen LogP contribution in [0.1, 0.15) is 19.3 Å². The molecule has 0 aromatic rings. The molecule has 0 aromatic carbocycles. The Morgan fingerprint density at radius 2 is 2.06 bits per heavy atom. The number of rotatable bonds is 5. The van der Waals surface area contributed by atoms with Crippen LogP contribution in [0.3, 0.4) is 0 Å². The van der Waals surface area contributed by atoms with Crippen molar-refractivity contribution in [2.45, 2.75) is 25.3 Å². The van der Waals surface area contributed by atoms with Crippen LogP contribution >= 0.6 is 0 Å². The van der Waals surface area contributed by atoms with Crippen LogP contribution < -0.4 is 5.32 Å². The van der Waals surface area contributed by atoms with E-state index in [-0.39, 0.29) is 0 Å². The Labute approximate surface area is 112 Å². The summed E-state index contributed by atoms with van der Waals surface area (Å²) >= 11 is 0. The van der Waals surface area contributed by atoms with Crippen LogP contribution in [0.4, 0.5) is 0 Å². The van der Waals surface area contributed by atoms with Gasteiger partial charge in [-0.1, -0.05) is 0 Å². The second-order valence-electron chi connectivity index (χ2n) is 5.98. The quantitative estimate of drug-likeness (QED) is 0.762. The van der Waals surface area contributed by atoms with Gasteiger partial charge in [0.1, 0.15) is 0 Å². The molecule has 4 nitrogen and oxygen atoms in total. The molecule has 0 amide bonds. The van der Waals surface area contributed by atoms with Gasteiger partial charge in [0.05, 0.1) is 0 Å². The van der Waals surface area contributed by atoms with Crippen LogP contribution in [0.5, 0.6) is 0 Å². The minimum absolute atomic E-state index is 0.792. The summed E-state index contributed by atoms with van der Waals surface area (Å²) in [6.07, 6.45) is 4.07. The lowest BCUT2D eigenvalue weighted by Crippen LogP contribution is -2.41. The van der Waals surface area contributed by atoms with Gasteiger partial charge in [-0.15, -0.1) is 0 Å². The average molecular weight is 254 g/mol. The second-order valence-corrected chi connectivity index (χ2v) is 5.98. The largest absolute Gasteiger partial charge is 0.315 e. The average Bonchev–Trinajstić information content (AvgIpc) is 2.63. The maximum Gasteiger partial charge on any atom is 0.0220 e. The Morgan fingerprint density at radius 1 is 1.17 bits per heavy atom. The highest BCUT2D eigenvalue weighted by Gasteiger charge is 2.22. The smallest absolute Gasteiger partial charge is 0.0220 e. The number of likely N-dealkylation sites (N-methyl/N-ethyl adjacent to an activating group) is 2. The van der Waals surface area contributed by atoms with E-state index >= 15 is 0 Å². The Morgan fingerprint density at radius 3 is 2.83 bits per heavy atom. The van der Waals surface area contributed by atoms with Crippen LogP contribution in [0.2, 0.25) is 0 Å². The highest BCUT2D eigenvalue weighted by atomic mass is 15.2. The van der Waals surface area contributed by atoms with E-state index in [0.29, 0.717) is 0 Å². The van der Waals surface area contributed by atoms with Gasteiger partial charge in [-0.05, 0) is 53.0 Å². The molecule has 4 heteroatoms. The van der Waals surface area contributed by atoms with Crippen LogP contribution in [0, 0.1) is 0 Å². The van der Waals surface area contributed by atoms with E-state index in [4.69, 9.17) is 0 Å². The number of hydrogen-bond acceptors (Lipinski definition) is 4. The van der Waals surface area contributed by atoms with Gasteiger partial charge in [0.15, 0.2) is 0 Å². The zero-order valence-corrected chi connectivity index (χ0v) is 12.2. The predicted molar refractivity (Wildman–Crippen MR) is 77.1 cm³/mol. The second kappa shape index (κ2) is 7.43. The first-order valence-electron chi connectivity index (χ1n) is 7.57. The van der Waals surface area contributed by atoms with E-state index < -0.39 is 0 Å². The zero-order chi connectivity index (χ0) is 12.8. The van der Waals surface area contributed by atoms with Crippen molar-refractivity contribution < 1.29 is 0 Å². The van der Waals surface area contributed by atoms with Crippen LogP contribution in [0.25, 0.3) is 0 Å². The van der Waals surface area contributed by atoms with E-state index in [1.165, 1.54) is 65.1 Å². The topological polar surface area (TPSA) is 21.8 Å². The molecule has 2 saturated heterocycles. The molecule has 0 aromatic heterocycles. The van der Waals surface area contributed by atoms with Crippen LogP contribution in [0.15, 0.2) is 0 Å². The summed E-state index contributed by atoms with van der Waals surface area (Å²) in [7, 11) is 4.55. The molecule has 1 unspecified atom stereocenters. The fourth-order valence-electron chi connectivity index (χ4n) is 3.10. The molecule has 0 bridgehead atoms. The molecule has 2 aliphatic heterocycles. The van der Waals surface area contributed by atoms with Crippen LogP contribution in [-0.2, 0) is 0 Å². The number of nitrogens with one attached hydrogen (secondary N) is 1. The minimum Gasteiger partial charge on any atom is -0.315 e. The summed E-state index contributed by atoms with van der Waals surface area (Å²) in [4.78, 5) is 7.64. The maximum atomic E-state index is 3.47. The molecular weight excluding hydrogens is 224 g/mol. The van der Waals surface area contributed by atoms with Gasteiger partial charge >= 0.3 is 0 Å². The lowest BCUT2D eigenvalue weighted by atomic mass is 10.2. The lowest BCUT2D eigenvalue weighted by molar-refractivity contribution is 0.191. The van der Waals surface area contributed by atoms with Gasteiger partial charge in [0, 0.05) is 38.8 Å². The SMILES string of the molecule is CN(CCN1CCCNCC1)CC1CCCN1C. The van der Waals surface area contributed by atoms with Crippen molar-refractivity contribution in [3.8, 4) is 0 Å². The first-order valence-corrected chi connectivity index (χ1v) is 7.57. The standard InChI is InChI=1S/C14H30N4/c1-16(13-14-5-3-8-17(14)2)11-12-18-9-4-6-15-7-10-18/h14-15H,3-13H2,1-2H3. The Hall–Kier alpha value is -0.160.